The third-order valence-corrected chi connectivity index (χ3v) is 8.35. The minimum atomic E-state index is -1.89. The van der Waals surface area contributed by atoms with Gasteiger partial charge in [-0.2, -0.15) is 0 Å². The Labute approximate surface area is 116 Å². The summed E-state index contributed by atoms with van der Waals surface area (Å²) in [5, 5.41) is 2.41. The summed E-state index contributed by atoms with van der Waals surface area (Å²) in [4.78, 5) is 0. The molecule has 0 saturated heterocycles. The molecular weight excluding hydrogens is 306 g/mol. The molecule has 0 radical (unpaired) electrons. The second-order valence-corrected chi connectivity index (χ2v) is 9.44. The first-order valence-corrected chi connectivity index (χ1v) is 9.66. The molecule has 0 heterocycles. The molecule has 2 rings (SSSR count). The van der Waals surface area contributed by atoms with Crippen LogP contribution in [-0.4, -0.2) is 21.7 Å². The van der Waals surface area contributed by atoms with Crippen molar-refractivity contribution in [3.63, 3.8) is 0 Å². The van der Waals surface area contributed by atoms with Gasteiger partial charge in [0.15, 0.2) is 0 Å². The van der Waals surface area contributed by atoms with Crippen LogP contribution in [0, 0.1) is 0 Å². The van der Waals surface area contributed by atoms with E-state index in [0.29, 0.717) is 6.61 Å². The van der Waals surface area contributed by atoms with Crippen molar-refractivity contribution in [3.8, 4) is 0 Å². The number of hydrogen-bond donors (Lipinski definition) is 0. The van der Waals surface area contributed by atoms with E-state index in [9.17, 15) is 0 Å². The zero-order valence-electron chi connectivity index (χ0n) is 10.0. The second-order valence-electron chi connectivity index (χ2n) is 3.81. The molecule has 0 fully saturated rings. The minimum absolute atomic E-state index is 0.546. The Balaban J connectivity index is 2.48. The van der Waals surface area contributed by atoms with Crippen molar-refractivity contribution in [3.05, 3.63) is 73.3 Å². The predicted molar refractivity (Wildman–Crippen MR) is 81.0 cm³/mol. The van der Waals surface area contributed by atoms with Gasteiger partial charge in [-0.15, -0.1) is 0 Å². The van der Waals surface area contributed by atoms with Gasteiger partial charge >= 0.3 is 116 Å². The van der Waals surface area contributed by atoms with Gasteiger partial charge in [-0.3, -0.25) is 0 Å². The van der Waals surface area contributed by atoms with Gasteiger partial charge in [0.2, 0.25) is 0 Å². The van der Waals surface area contributed by atoms with Crippen molar-refractivity contribution in [2.75, 3.05) is 6.61 Å². The predicted octanol–water partition coefficient (Wildman–Crippen LogP) is 2.86. The fraction of sp³-hybridized carbons (Fsp3) is 0.0667. The summed E-state index contributed by atoms with van der Waals surface area (Å²) in [5.74, 6) is 0. The molecule has 2 aromatic rings. The summed E-state index contributed by atoms with van der Waals surface area (Å²) < 4.78 is 6.09. The molecule has 3 heteroatoms. The third-order valence-electron chi connectivity index (χ3n) is 2.57. The van der Waals surface area contributed by atoms with Crippen molar-refractivity contribution in [2.24, 2.45) is 0 Å². The third kappa shape index (κ3) is 2.91. The van der Waals surface area contributed by atoms with E-state index < -0.39 is 5.74 Å². The van der Waals surface area contributed by atoms with Crippen LogP contribution in [0.15, 0.2) is 73.3 Å². The van der Waals surface area contributed by atoms with E-state index in [1.807, 2.05) is 36.4 Å². The van der Waals surface area contributed by atoms with E-state index in [2.05, 4.69) is 45.9 Å². The SMILES string of the molecule is C=CCOP(=[Se])(c1ccccc1)c1ccccc1. The van der Waals surface area contributed by atoms with Crippen LogP contribution in [0.4, 0.5) is 0 Å². The van der Waals surface area contributed by atoms with Gasteiger partial charge in [0.05, 0.1) is 0 Å². The van der Waals surface area contributed by atoms with Crippen LogP contribution < -0.4 is 10.6 Å². The van der Waals surface area contributed by atoms with Crippen molar-refractivity contribution in [1.82, 2.24) is 0 Å². The Morgan fingerprint density at radius 3 is 1.78 bits per heavy atom. The van der Waals surface area contributed by atoms with Crippen molar-refractivity contribution in [2.45, 2.75) is 0 Å². The Bertz CT molecular complexity index is 508. The average Bonchev–Trinajstić information content (AvgIpc) is 2.46. The van der Waals surface area contributed by atoms with Crippen molar-refractivity contribution < 1.29 is 4.52 Å². The maximum absolute atomic E-state index is 6.09. The molecule has 92 valence electrons. The zero-order valence-corrected chi connectivity index (χ0v) is 12.6. The van der Waals surface area contributed by atoms with Gasteiger partial charge in [-0.1, -0.05) is 0 Å². The Morgan fingerprint density at radius 2 is 1.39 bits per heavy atom. The fourth-order valence-corrected chi connectivity index (χ4v) is 5.66. The zero-order chi connectivity index (χ0) is 12.8. The summed E-state index contributed by atoms with van der Waals surface area (Å²) >= 11 is 3.30. The van der Waals surface area contributed by atoms with E-state index in [-0.39, 0.29) is 0 Å². The van der Waals surface area contributed by atoms with E-state index in [4.69, 9.17) is 4.52 Å². The molecule has 0 saturated carbocycles. The Morgan fingerprint density at radius 1 is 0.944 bits per heavy atom. The Hall–Kier alpha value is -0.911. The van der Waals surface area contributed by atoms with Crippen LogP contribution in [0.3, 0.4) is 0 Å². The fourth-order valence-electron chi connectivity index (χ4n) is 1.70. The molecule has 1 nitrogen and oxygen atoms in total. The van der Waals surface area contributed by atoms with Crippen LogP contribution >= 0.6 is 5.74 Å². The molecule has 0 N–H and O–H groups in total. The van der Waals surface area contributed by atoms with E-state index in [1.54, 1.807) is 6.08 Å². The van der Waals surface area contributed by atoms with Gasteiger partial charge in [-0.05, 0) is 0 Å². The summed E-state index contributed by atoms with van der Waals surface area (Å²) in [6.45, 7) is 4.28. The summed E-state index contributed by atoms with van der Waals surface area (Å²) in [5.41, 5.74) is -1.89. The molecule has 18 heavy (non-hydrogen) atoms. The molecular formula is C15H15OPSe. The summed E-state index contributed by atoms with van der Waals surface area (Å²) in [6, 6.07) is 20.7. The first kappa shape index (κ1) is 13.5. The van der Waals surface area contributed by atoms with Crippen molar-refractivity contribution in [1.29, 1.82) is 0 Å². The van der Waals surface area contributed by atoms with E-state index in [1.165, 1.54) is 10.6 Å². The normalized spacial score (nSPS) is 11.1. The standard InChI is InChI=1S/C15H15OPSe/c1-2-13-16-17(18,14-9-5-3-6-10-14)15-11-7-4-8-12-15/h2-12H,1,13H2. The molecule has 0 bridgehead atoms. The van der Waals surface area contributed by atoms with Gasteiger partial charge in [0.25, 0.3) is 0 Å². The first-order valence-electron chi connectivity index (χ1n) is 5.74. The van der Waals surface area contributed by atoms with Gasteiger partial charge in [-0.25, -0.2) is 0 Å². The van der Waals surface area contributed by atoms with Gasteiger partial charge < -0.3 is 0 Å². The molecule has 0 aliphatic heterocycles. The summed E-state index contributed by atoms with van der Waals surface area (Å²) in [7, 11) is 0. The summed E-state index contributed by atoms with van der Waals surface area (Å²) in [6.07, 6.45) is 1.79. The van der Waals surface area contributed by atoms with Crippen LogP contribution in [0.25, 0.3) is 0 Å². The van der Waals surface area contributed by atoms with Crippen LogP contribution in [0.5, 0.6) is 0 Å². The maximum atomic E-state index is 6.09. The van der Waals surface area contributed by atoms with Gasteiger partial charge in [0, 0.05) is 0 Å². The molecule has 0 atom stereocenters. The first-order chi connectivity index (χ1) is 8.77. The molecule has 0 aromatic heterocycles. The monoisotopic (exact) mass is 322 g/mol. The average molecular weight is 321 g/mol. The number of benzene rings is 2. The quantitative estimate of drug-likeness (QED) is 0.467. The molecule has 2 aromatic carbocycles. The number of hydrogen-bond acceptors (Lipinski definition) is 1. The molecule has 0 aliphatic carbocycles. The van der Waals surface area contributed by atoms with E-state index in [0.717, 1.165) is 0 Å². The number of rotatable bonds is 5. The molecule has 0 unspecified atom stereocenters. The molecule has 0 amide bonds. The van der Waals surface area contributed by atoms with Crippen LogP contribution in [0.1, 0.15) is 0 Å². The van der Waals surface area contributed by atoms with Crippen LogP contribution in [-0.2, 0) is 4.52 Å². The Kier molecular flexibility index (Phi) is 4.74. The van der Waals surface area contributed by atoms with Gasteiger partial charge in [0.1, 0.15) is 0 Å². The molecule has 0 aliphatic rings. The van der Waals surface area contributed by atoms with Crippen LogP contribution in [0.2, 0.25) is 0 Å². The molecule has 0 spiro atoms. The second kappa shape index (κ2) is 6.31. The topological polar surface area (TPSA) is 9.23 Å². The van der Waals surface area contributed by atoms with Crippen molar-refractivity contribution >= 4 is 31.4 Å². The van der Waals surface area contributed by atoms with E-state index >= 15 is 0 Å².